The highest BCUT2D eigenvalue weighted by Crippen LogP contribution is 2.47. The Balaban J connectivity index is 2.53. The Morgan fingerprint density at radius 3 is 2.14 bits per heavy atom. The molecule has 0 saturated heterocycles. The lowest BCUT2D eigenvalue weighted by Crippen LogP contribution is -2.04. The summed E-state index contributed by atoms with van der Waals surface area (Å²) < 4.78 is 27.2. The molecule has 0 fully saturated rings. The van der Waals surface area contributed by atoms with Gasteiger partial charge in [-0.1, -0.05) is 0 Å². The molecule has 29 heavy (non-hydrogen) atoms. The summed E-state index contributed by atoms with van der Waals surface area (Å²) in [5.41, 5.74) is 7.96. The highest BCUT2D eigenvalue weighted by Gasteiger charge is 2.21. The number of rotatable bonds is 9. The summed E-state index contributed by atoms with van der Waals surface area (Å²) >= 11 is 0. The second-order valence-corrected chi connectivity index (χ2v) is 6.11. The maximum Gasteiger partial charge on any atom is 0.207 e. The van der Waals surface area contributed by atoms with Gasteiger partial charge in [0.1, 0.15) is 5.75 Å². The largest absolute Gasteiger partial charge is 0.493 e. The van der Waals surface area contributed by atoms with E-state index in [1.54, 1.807) is 37.3 Å². The lowest BCUT2D eigenvalue weighted by molar-refractivity contribution is 0.103. The van der Waals surface area contributed by atoms with Crippen molar-refractivity contribution in [2.45, 2.75) is 13.8 Å². The number of hydrogen-bond acceptors (Lipinski definition) is 7. The highest BCUT2D eigenvalue weighted by atomic mass is 16.5. The van der Waals surface area contributed by atoms with Crippen LogP contribution in [0.5, 0.6) is 28.7 Å². The smallest absolute Gasteiger partial charge is 0.207 e. The van der Waals surface area contributed by atoms with Gasteiger partial charge in [-0.05, 0) is 49.8 Å². The Morgan fingerprint density at radius 2 is 1.59 bits per heavy atom. The van der Waals surface area contributed by atoms with Crippen LogP contribution in [0.1, 0.15) is 29.8 Å². The van der Waals surface area contributed by atoms with Crippen molar-refractivity contribution in [2.24, 2.45) is 0 Å². The first-order chi connectivity index (χ1) is 13.9. The van der Waals surface area contributed by atoms with Gasteiger partial charge >= 0.3 is 0 Å². The third-order valence-corrected chi connectivity index (χ3v) is 4.32. The van der Waals surface area contributed by atoms with Gasteiger partial charge in [0.25, 0.3) is 0 Å². The number of nitrogen functional groups attached to an aromatic ring is 1. The van der Waals surface area contributed by atoms with Gasteiger partial charge in [-0.15, -0.1) is 0 Å². The van der Waals surface area contributed by atoms with E-state index in [9.17, 15) is 4.79 Å². The third kappa shape index (κ3) is 4.56. The van der Waals surface area contributed by atoms with Crippen LogP contribution in [0, 0.1) is 0 Å². The molecule has 156 valence electrons. The highest BCUT2D eigenvalue weighted by molar-refractivity contribution is 6.11. The van der Waals surface area contributed by atoms with Gasteiger partial charge in [0.15, 0.2) is 17.3 Å². The standard InChI is InChI=1S/C22H27NO6/c1-7-29-17-11-14(8-9-16(17)23)19(24)13(2)10-15-12-18(25-3)21(27-5)22(28-6)20(15)26-4/h8-12H,7,23H2,1-6H3/b13-10+. The summed E-state index contributed by atoms with van der Waals surface area (Å²) in [5.74, 6) is 2.01. The second-order valence-electron chi connectivity index (χ2n) is 6.11. The minimum atomic E-state index is -0.165. The molecule has 0 spiro atoms. The van der Waals surface area contributed by atoms with Crippen molar-refractivity contribution in [3.8, 4) is 28.7 Å². The van der Waals surface area contributed by atoms with Crippen LogP contribution in [0.15, 0.2) is 29.8 Å². The average molecular weight is 401 g/mol. The molecular weight excluding hydrogens is 374 g/mol. The van der Waals surface area contributed by atoms with Crippen molar-refractivity contribution in [2.75, 3.05) is 40.8 Å². The topological polar surface area (TPSA) is 89.2 Å². The number of allylic oxidation sites excluding steroid dienone is 1. The van der Waals surface area contributed by atoms with E-state index < -0.39 is 0 Å². The van der Waals surface area contributed by atoms with Gasteiger partial charge in [0.2, 0.25) is 11.5 Å². The molecular formula is C22H27NO6. The van der Waals surface area contributed by atoms with Crippen LogP contribution in [0.4, 0.5) is 5.69 Å². The zero-order valence-electron chi connectivity index (χ0n) is 17.6. The predicted octanol–water partition coefficient (Wildman–Crippen LogP) is 3.99. The molecule has 0 aliphatic carbocycles. The number of ether oxygens (including phenoxy) is 5. The summed E-state index contributed by atoms with van der Waals surface area (Å²) in [5, 5.41) is 0. The zero-order chi connectivity index (χ0) is 21.6. The average Bonchev–Trinajstić information content (AvgIpc) is 2.73. The fourth-order valence-corrected chi connectivity index (χ4v) is 2.95. The molecule has 0 saturated carbocycles. The number of benzene rings is 2. The number of ketones is 1. The van der Waals surface area contributed by atoms with Crippen LogP contribution in [0.25, 0.3) is 6.08 Å². The molecule has 2 aromatic carbocycles. The van der Waals surface area contributed by atoms with Crippen molar-refractivity contribution in [3.05, 3.63) is 41.0 Å². The summed E-state index contributed by atoms with van der Waals surface area (Å²) in [6.07, 6.45) is 1.71. The SMILES string of the molecule is CCOc1cc(C(=O)/C(C)=C/c2cc(OC)c(OC)c(OC)c2OC)ccc1N. The van der Waals surface area contributed by atoms with E-state index in [0.717, 1.165) is 0 Å². The van der Waals surface area contributed by atoms with Crippen molar-refractivity contribution in [3.63, 3.8) is 0 Å². The fourth-order valence-electron chi connectivity index (χ4n) is 2.95. The van der Waals surface area contributed by atoms with E-state index in [4.69, 9.17) is 29.4 Å². The first kappa shape index (κ1) is 21.9. The number of anilines is 1. The summed E-state index contributed by atoms with van der Waals surface area (Å²) in [6.45, 7) is 4.04. The molecule has 2 rings (SSSR count). The Labute approximate surface area is 171 Å². The molecule has 2 aromatic rings. The van der Waals surface area contributed by atoms with Crippen molar-refractivity contribution < 1.29 is 28.5 Å². The lowest BCUT2D eigenvalue weighted by Gasteiger charge is -2.17. The number of carbonyl (C=O) groups is 1. The Morgan fingerprint density at radius 1 is 0.931 bits per heavy atom. The zero-order valence-corrected chi connectivity index (χ0v) is 17.6. The molecule has 0 aromatic heterocycles. The minimum Gasteiger partial charge on any atom is -0.493 e. The van der Waals surface area contributed by atoms with Gasteiger partial charge in [-0.2, -0.15) is 0 Å². The molecule has 0 aliphatic rings. The minimum absolute atomic E-state index is 0.165. The predicted molar refractivity (Wildman–Crippen MR) is 113 cm³/mol. The van der Waals surface area contributed by atoms with E-state index in [1.807, 2.05) is 6.92 Å². The number of nitrogens with two attached hydrogens (primary N) is 1. The van der Waals surface area contributed by atoms with Crippen LogP contribution >= 0.6 is 0 Å². The van der Waals surface area contributed by atoms with E-state index in [0.29, 0.717) is 57.7 Å². The van der Waals surface area contributed by atoms with E-state index >= 15 is 0 Å². The van der Waals surface area contributed by atoms with Crippen LogP contribution < -0.4 is 29.4 Å². The summed E-state index contributed by atoms with van der Waals surface area (Å²) in [6, 6.07) is 6.70. The van der Waals surface area contributed by atoms with Crippen LogP contribution in [-0.2, 0) is 0 Å². The van der Waals surface area contributed by atoms with Gasteiger partial charge in [-0.25, -0.2) is 0 Å². The molecule has 0 heterocycles. The number of Topliss-reactive ketones (excluding diaryl/α,β-unsaturated/α-hetero) is 1. The van der Waals surface area contributed by atoms with Crippen LogP contribution in [0.2, 0.25) is 0 Å². The molecule has 0 bridgehead atoms. The fraction of sp³-hybridized carbons (Fsp3) is 0.318. The van der Waals surface area contributed by atoms with Gasteiger partial charge < -0.3 is 29.4 Å². The van der Waals surface area contributed by atoms with Crippen LogP contribution in [-0.4, -0.2) is 40.8 Å². The molecule has 0 amide bonds. The number of carbonyl (C=O) groups excluding carboxylic acids is 1. The maximum atomic E-state index is 13.0. The van der Waals surface area contributed by atoms with Crippen molar-refractivity contribution in [1.29, 1.82) is 0 Å². The monoisotopic (exact) mass is 401 g/mol. The number of methoxy groups -OCH3 is 4. The summed E-state index contributed by atoms with van der Waals surface area (Å²) in [7, 11) is 6.07. The van der Waals surface area contributed by atoms with Crippen molar-refractivity contribution >= 4 is 17.5 Å². The number of hydrogen-bond donors (Lipinski definition) is 1. The molecule has 0 atom stereocenters. The first-order valence-electron chi connectivity index (χ1n) is 9.03. The Kier molecular flexibility index (Phi) is 7.36. The third-order valence-electron chi connectivity index (χ3n) is 4.32. The van der Waals surface area contributed by atoms with E-state index in [-0.39, 0.29) is 5.78 Å². The van der Waals surface area contributed by atoms with E-state index in [2.05, 4.69) is 0 Å². The Bertz CT molecular complexity index is 920. The summed E-state index contributed by atoms with van der Waals surface area (Å²) in [4.78, 5) is 13.0. The lowest BCUT2D eigenvalue weighted by atomic mass is 10.0. The van der Waals surface area contributed by atoms with Crippen molar-refractivity contribution in [1.82, 2.24) is 0 Å². The normalized spacial score (nSPS) is 11.0. The molecule has 2 N–H and O–H groups in total. The molecule has 0 aliphatic heterocycles. The van der Waals surface area contributed by atoms with E-state index in [1.165, 1.54) is 28.4 Å². The molecule has 0 unspecified atom stereocenters. The molecule has 7 nitrogen and oxygen atoms in total. The maximum absolute atomic E-state index is 13.0. The van der Waals surface area contributed by atoms with Crippen LogP contribution in [0.3, 0.4) is 0 Å². The molecule has 0 radical (unpaired) electrons. The second kappa shape index (κ2) is 9.73. The van der Waals surface area contributed by atoms with Gasteiger partial charge in [0.05, 0.1) is 40.7 Å². The quantitative estimate of drug-likeness (QED) is 0.386. The Hall–Kier alpha value is -3.35. The van der Waals surface area contributed by atoms with Gasteiger partial charge in [0, 0.05) is 11.1 Å². The molecule has 7 heteroatoms. The first-order valence-corrected chi connectivity index (χ1v) is 9.03. The van der Waals surface area contributed by atoms with Gasteiger partial charge in [-0.3, -0.25) is 4.79 Å².